The lowest BCUT2D eigenvalue weighted by Crippen LogP contribution is -2.57. The first-order chi connectivity index (χ1) is 13.9. The average molecular weight is 416 g/mol. The van der Waals surface area contributed by atoms with Crippen LogP contribution in [-0.2, 0) is 22.4 Å². The Hall–Kier alpha value is -2.02. The molecule has 29 heavy (non-hydrogen) atoms. The first kappa shape index (κ1) is 20.3. The molecule has 0 N–H and O–H groups in total. The summed E-state index contributed by atoms with van der Waals surface area (Å²) in [5.41, 5.74) is 2.96. The number of Topliss-reactive ketones (excluding diaryl/α,β-unsaturated/α-hetero) is 1. The molecule has 154 valence electrons. The Kier molecular flexibility index (Phi) is 5.86. The smallest absolute Gasteiger partial charge is 0.245 e. The fourth-order valence-electron chi connectivity index (χ4n) is 4.19. The van der Waals surface area contributed by atoms with Crippen molar-refractivity contribution in [3.8, 4) is 17.3 Å². The number of halogens is 1. The van der Waals surface area contributed by atoms with Crippen LogP contribution >= 0.6 is 11.6 Å². The van der Waals surface area contributed by atoms with Gasteiger partial charge in [-0.1, -0.05) is 11.6 Å². The zero-order chi connectivity index (χ0) is 20.5. The van der Waals surface area contributed by atoms with E-state index in [1.165, 1.54) is 0 Å². The molecule has 1 aromatic heterocycles. The number of morpholine rings is 1. The van der Waals surface area contributed by atoms with Gasteiger partial charge in [0.25, 0.3) is 0 Å². The quantitative estimate of drug-likeness (QED) is 0.751. The zero-order valence-electron chi connectivity index (χ0n) is 17.0. The fourth-order valence-corrected chi connectivity index (χ4v) is 4.31. The lowest BCUT2D eigenvalue weighted by Gasteiger charge is -2.40. The molecule has 3 unspecified atom stereocenters. The van der Waals surface area contributed by atoms with Gasteiger partial charge in [-0.2, -0.15) is 4.98 Å². The molecule has 0 amide bonds. The van der Waals surface area contributed by atoms with Crippen LogP contribution < -0.4 is 4.84 Å². The minimum atomic E-state index is -0.459. The van der Waals surface area contributed by atoms with Crippen LogP contribution in [0.4, 0.5) is 0 Å². The molecule has 3 atom stereocenters. The molecule has 1 aromatic carbocycles. The highest BCUT2D eigenvalue weighted by Gasteiger charge is 2.38. The largest absolute Gasteiger partial charge is 0.384 e. The van der Waals surface area contributed by atoms with E-state index in [4.69, 9.17) is 31.1 Å². The Bertz CT molecular complexity index is 903. The van der Waals surface area contributed by atoms with E-state index >= 15 is 0 Å². The van der Waals surface area contributed by atoms with Crippen LogP contribution in [0.25, 0.3) is 11.4 Å². The molecular formula is C22H26ClN3O3. The predicted molar refractivity (Wildman–Crippen MR) is 111 cm³/mol. The maximum absolute atomic E-state index is 12.3. The maximum Gasteiger partial charge on any atom is 0.245 e. The number of carbonyl (C=O) groups is 1. The summed E-state index contributed by atoms with van der Waals surface area (Å²) in [4.78, 5) is 28.1. The van der Waals surface area contributed by atoms with E-state index in [1.54, 1.807) is 12.0 Å². The number of aromatic nitrogens is 2. The molecular weight excluding hydrogens is 390 g/mol. The maximum atomic E-state index is 12.3. The highest BCUT2D eigenvalue weighted by atomic mass is 35.5. The molecule has 2 aliphatic rings. The van der Waals surface area contributed by atoms with Crippen molar-refractivity contribution in [2.24, 2.45) is 0 Å². The SMILES string of the molecule is CC(=O)C1C(C)OC(C)CN1Oc1nc(-c2ccc(Cl)cc2)nc2c1CCCC2. The van der Waals surface area contributed by atoms with Crippen molar-refractivity contribution in [3.05, 3.63) is 40.5 Å². The van der Waals surface area contributed by atoms with Gasteiger partial charge in [0.2, 0.25) is 5.88 Å². The summed E-state index contributed by atoms with van der Waals surface area (Å²) in [6, 6.07) is 7.02. The summed E-state index contributed by atoms with van der Waals surface area (Å²) in [6.45, 7) is 5.97. The fraction of sp³-hybridized carbons (Fsp3) is 0.500. The van der Waals surface area contributed by atoms with E-state index < -0.39 is 6.04 Å². The monoisotopic (exact) mass is 415 g/mol. The van der Waals surface area contributed by atoms with E-state index in [1.807, 2.05) is 38.1 Å². The highest BCUT2D eigenvalue weighted by Crippen LogP contribution is 2.32. The van der Waals surface area contributed by atoms with Crippen molar-refractivity contribution in [3.63, 3.8) is 0 Å². The minimum Gasteiger partial charge on any atom is -0.384 e. The van der Waals surface area contributed by atoms with Gasteiger partial charge in [0.15, 0.2) is 11.6 Å². The van der Waals surface area contributed by atoms with E-state index in [0.717, 1.165) is 42.5 Å². The van der Waals surface area contributed by atoms with Crippen LogP contribution in [0.15, 0.2) is 24.3 Å². The molecule has 7 heteroatoms. The van der Waals surface area contributed by atoms with E-state index in [0.29, 0.717) is 23.3 Å². The van der Waals surface area contributed by atoms with Crippen molar-refractivity contribution in [1.29, 1.82) is 0 Å². The lowest BCUT2D eigenvalue weighted by molar-refractivity contribution is -0.206. The number of nitrogens with zero attached hydrogens (tertiary/aromatic N) is 3. The zero-order valence-corrected chi connectivity index (χ0v) is 17.8. The summed E-state index contributed by atoms with van der Waals surface area (Å²) in [5, 5.41) is 2.41. The second-order valence-electron chi connectivity index (χ2n) is 7.89. The van der Waals surface area contributed by atoms with Gasteiger partial charge < -0.3 is 9.57 Å². The number of fused-ring (bicyclic) bond motifs is 1. The second kappa shape index (κ2) is 8.38. The summed E-state index contributed by atoms with van der Waals surface area (Å²) < 4.78 is 5.86. The third kappa shape index (κ3) is 4.29. The summed E-state index contributed by atoms with van der Waals surface area (Å²) in [5.74, 6) is 1.18. The van der Waals surface area contributed by atoms with E-state index in [-0.39, 0.29) is 18.0 Å². The number of hydrogen-bond donors (Lipinski definition) is 0. The topological polar surface area (TPSA) is 64.5 Å². The Morgan fingerprint density at radius 3 is 2.62 bits per heavy atom. The van der Waals surface area contributed by atoms with Crippen molar-refractivity contribution in [1.82, 2.24) is 15.0 Å². The van der Waals surface area contributed by atoms with Crippen LogP contribution in [0.5, 0.6) is 5.88 Å². The third-order valence-corrected chi connectivity index (χ3v) is 5.76. The minimum absolute atomic E-state index is 0.0187. The molecule has 4 rings (SSSR count). The average Bonchev–Trinajstić information content (AvgIpc) is 2.67. The molecule has 1 aliphatic carbocycles. The molecule has 2 heterocycles. The number of ether oxygens (including phenoxy) is 1. The van der Waals surface area contributed by atoms with Gasteiger partial charge in [-0.05, 0) is 70.7 Å². The Labute approximate surface area is 176 Å². The van der Waals surface area contributed by atoms with Gasteiger partial charge in [-0.25, -0.2) is 4.98 Å². The molecule has 1 saturated heterocycles. The van der Waals surface area contributed by atoms with E-state index in [2.05, 4.69) is 0 Å². The first-order valence-corrected chi connectivity index (χ1v) is 10.6. The molecule has 0 radical (unpaired) electrons. The molecule has 6 nitrogen and oxygen atoms in total. The number of benzene rings is 1. The number of aryl methyl sites for hydroxylation is 1. The Morgan fingerprint density at radius 2 is 1.90 bits per heavy atom. The molecule has 2 aromatic rings. The molecule has 0 spiro atoms. The second-order valence-corrected chi connectivity index (χ2v) is 8.33. The highest BCUT2D eigenvalue weighted by molar-refractivity contribution is 6.30. The Morgan fingerprint density at radius 1 is 1.17 bits per heavy atom. The molecule has 0 bridgehead atoms. The van der Waals surface area contributed by atoms with Gasteiger partial charge in [0.1, 0.15) is 6.04 Å². The normalized spacial score (nSPS) is 24.8. The number of carbonyl (C=O) groups excluding carboxylic acids is 1. The van der Waals surface area contributed by atoms with Crippen molar-refractivity contribution < 1.29 is 14.4 Å². The first-order valence-electron chi connectivity index (χ1n) is 10.2. The lowest BCUT2D eigenvalue weighted by atomic mass is 9.96. The molecule has 0 saturated carbocycles. The van der Waals surface area contributed by atoms with Crippen LogP contribution in [0.3, 0.4) is 0 Å². The molecule has 1 fully saturated rings. The van der Waals surface area contributed by atoms with E-state index in [9.17, 15) is 4.79 Å². The van der Waals surface area contributed by atoms with Crippen LogP contribution in [0, 0.1) is 0 Å². The van der Waals surface area contributed by atoms with Crippen molar-refractivity contribution in [2.45, 2.75) is 64.7 Å². The summed E-state index contributed by atoms with van der Waals surface area (Å²) >= 11 is 6.03. The van der Waals surface area contributed by atoms with Crippen molar-refractivity contribution >= 4 is 17.4 Å². The van der Waals surface area contributed by atoms with Crippen LogP contribution in [-0.4, -0.2) is 45.6 Å². The van der Waals surface area contributed by atoms with Crippen molar-refractivity contribution in [2.75, 3.05) is 6.54 Å². The van der Waals surface area contributed by atoms with Gasteiger partial charge >= 0.3 is 0 Å². The van der Waals surface area contributed by atoms with Gasteiger partial charge in [-0.15, -0.1) is 5.06 Å². The van der Waals surface area contributed by atoms with Gasteiger partial charge in [0.05, 0.1) is 24.4 Å². The molecule has 1 aliphatic heterocycles. The summed E-state index contributed by atoms with van der Waals surface area (Å²) in [7, 11) is 0. The predicted octanol–water partition coefficient (Wildman–Crippen LogP) is 4.04. The standard InChI is InChI=1S/C22H26ClN3O3/c1-13-12-26(20(14(2)27)15(3)28-13)29-22-18-6-4-5-7-19(18)24-21(25-22)16-8-10-17(23)11-9-16/h8-11,13,15,20H,4-7,12H2,1-3H3. The summed E-state index contributed by atoms with van der Waals surface area (Å²) in [6.07, 6.45) is 3.69. The third-order valence-electron chi connectivity index (χ3n) is 5.51. The number of rotatable bonds is 4. The van der Waals surface area contributed by atoms with Gasteiger partial charge in [-0.3, -0.25) is 4.79 Å². The van der Waals surface area contributed by atoms with Crippen LogP contribution in [0.2, 0.25) is 5.02 Å². The number of ketones is 1. The van der Waals surface area contributed by atoms with Gasteiger partial charge in [0, 0.05) is 16.1 Å². The number of hydroxylamine groups is 2. The van der Waals surface area contributed by atoms with Crippen LogP contribution in [0.1, 0.15) is 44.9 Å². The number of hydrogen-bond acceptors (Lipinski definition) is 6. The Balaban J connectivity index is 1.72.